The predicted molar refractivity (Wildman–Crippen MR) is 101 cm³/mol. The van der Waals surface area contributed by atoms with Crippen molar-refractivity contribution in [2.24, 2.45) is 0 Å². The van der Waals surface area contributed by atoms with Crippen molar-refractivity contribution in [3.05, 3.63) is 58.1 Å². The van der Waals surface area contributed by atoms with Gasteiger partial charge in [0, 0.05) is 18.7 Å². The molecule has 0 fully saturated rings. The van der Waals surface area contributed by atoms with Crippen molar-refractivity contribution in [3.63, 3.8) is 0 Å². The first-order chi connectivity index (χ1) is 13.4. The van der Waals surface area contributed by atoms with Gasteiger partial charge in [0.15, 0.2) is 5.16 Å². The van der Waals surface area contributed by atoms with Gasteiger partial charge in [0.2, 0.25) is 5.91 Å². The SMILES string of the molecule is O=C(Cn1c(SC(F)F)nc2ccccc21)N1CCc2ccc([N+](=O)[O-])cc21. The summed E-state index contributed by atoms with van der Waals surface area (Å²) in [6, 6.07) is 11.3. The van der Waals surface area contributed by atoms with E-state index in [0.29, 0.717) is 29.7 Å². The van der Waals surface area contributed by atoms with E-state index in [4.69, 9.17) is 0 Å². The highest BCUT2D eigenvalue weighted by atomic mass is 32.2. The summed E-state index contributed by atoms with van der Waals surface area (Å²) in [6.07, 6.45) is 0.586. The van der Waals surface area contributed by atoms with Gasteiger partial charge in [-0.15, -0.1) is 0 Å². The average Bonchev–Trinajstić information content (AvgIpc) is 3.22. The number of para-hydroxylation sites is 2. The molecular weight excluding hydrogens is 390 g/mol. The van der Waals surface area contributed by atoms with Gasteiger partial charge >= 0.3 is 0 Å². The van der Waals surface area contributed by atoms with Crippen molar-refractivity contribution in [1.82, 2.24) is 9.55 Å². The number of hydrogen-bond donors (Lipinski definition) is 0. The Labute approximate surface area is 162 Å². The molecule has 10 heteroatoms. The summed E-state index contributed by atoms with van der Waals surface area (Å²) >= 11 is 0.286. The summed E-state index contributed by atoms with van der Waals surface area (Å²) in [5.74, 6) is -3.00. The standard InChI is InChI=1S/C18H14F2N4O3S/c19-17(20)28-18-21-13-3-1-2-4-14(13)23(18)10-16(25)22-8-7-11-5-6-12(24(26)27)9-15(11)22/h1-6,9,17H,7-8,10H2. The molecule has 0 N–H and O–H groups in total. The average molecular weight is 404 g/mol. The molecule has 1 aliphatic rings. The van der Waals surface area contributed by atoms with Crippen molar-refractivity contribution in [2.75, 3.05) is 11.4 Å². The maximum absolute atomic E-state index is 12.9. The first-order valence-electron chi connectivity index (χ1n) is 8.42. The zero-order chi connectivity index (χ0) is 19.8. The number of nitrogens with zero attached hydrogens (tertiary/aromatic N) is 4. The normalized spacial score (nSPS) is 13.3. The lowest BCUT2D eigenvalue weighted by molar-refractivity contribution is -0.384. The Morgan fingerprint density at radius 3 is 2.82 bits per heavy atom. The third-order valence-electron chi connectivity index (χ3n) is 4.58. The van der Waals surface area contributed by atoms with Gasteiger partial charge in [-0.1, -0.05) is 18.2 Å². The second-order valence-corrected chi connectivity index (χ2v) is 7.17. The minimum absolute atomic E-state index is 0.0583. The minimum Gasteiger partial charge on any atom is -0.310 e. The molecule has 1 aliphatic heterocycles. The van der Waals surface area contributed by atoms with Crippen LogP contribution in [0.2, 0.25) is 0 Å². The zero-order valence-corrected chi connectivity index (χ0v) is 15.2. The molecular formula is C18H14F2N4O3S. The second-order valence-electron chi connectivity index (χ2n) is 6.21. The molecule has 1 aromatic heterocycles. The highest BCUT2D eigenvalue weighted by Gasteiger charge is 2.28. The number of fused-ring (bicyclic) bond motifs is 2. The molecule has 0 saturated carbocycles. The van der Waals surface area contributed by atoms with Gasteiger partial charge in [0.1, 0.15) is 6.54 Å². The molecule has 0 bridgehead atoms. The van der Waals surface area contributed by atoms with Crippen molar-refractivity contribution < 1.29 is 18.5 Å². The first kappa shape index (κ1) is 18.4. The fraction of sp³-hybridized carbons (Fsp3) is 0.222. The van der Waals surface area contributed by atoms with Crippen LogP contribution in [-0.2, 0) is 17.8 Å². The van der Waals surface area contributed by atoms with E-state index in [1.807, 2.05) is 0 Å². The van der Waals surface area contributed by atoms with Gasteiger partial charge in [-0.2, -0.15) is 8.78 Å². The van der Waals surface area contributed by atoms with E-state index in [0.717, 1.165) is 5.56 Å². The number of benzene rings is 2. The van der Waals surface area contributed by atoms with Gasteiger partial charge in [-0.05, 0) is 35.9 Å². The summed E-state index contributed by atoms with van der Waals surface area (Å²) in [6.45, 7) is 0.205. The summed E-state index contributed by atoms with van der Waals surface area (Å²) in [5.41, 5.74) is 2.34. The number of hydrogen-bond acceptors (Lipinski definition) is 5. The highest BCUT2D eigenvalue weighted by Crippen LogP contribution is 2.33. The van der Waals surface area contributed by atoms with E-state index in [1.54, 1.807) is 30.3 Å². The summed E-state index contributed by atoms with van der Waals surface area (Å²) in [7, 11) is 0. The van der Waals surface area contributed by atoms with E-state index >= 15 is 0 Å². The lowest BCUT2D eigenvalue weighted by atomic mass is 10.1. The lowest BCUT2D eigenvalue weighted by Gasteiger charge is -2.18. The zero-order valence-electron chi connectivity index (χ0n) is 14.4. The van der Waals surface area contributed by atoms with E-state index in [-0.39, 0.29) is 35.1 Å². The van der Waals surface area contributed by atoms with Crippen molar-refractivity contribution in [1.29, 1.82) is 0 Å². The Balaban J connectivity index is 1.67. The third-order valence-corrected chi connectivity index (χ3v) is 5.28. The van der Waals surface area contributed by atoms with E-state index < -0.39 is 10.7 Å². The number of imidazole rings is 1. The molecule has 0 spiro atoms. The van der Waals surface area contributed by atoms with Crippen LogP contribution in [-0.4, -0.2) is 32.7 Å². The number of carbonyl (C=O) groups is 1. The Morgan fingerprint density at radius 2 is 2.07 bits per heavy atom. The fourth-order valence-electron chi connectivity index (χ4n) is 3.34. The van der Waals surface area contributed by atoms with Gasteiger partial charge in [0.05, 0.1) is 21.6 Å². The predicted octanol–water partition coefficient (Wildman–Crippen LogP) is 3.85. The molecule has 0 unspecified atom stereocenters. The van der Waals surface area contributed by atoms with Gasteiger partial charge in [0.25, 0.3) is 11.4 Å². The van der Waals surface area contributed by atoms with Gasteiger partial charge in [-0.3, -0.25) is 14.9 Å². The Morgan fingerprint density at radius 1 is 1.29 bits per heavy atom. The summed E-state index contributed by atoms with van der Waals surface area (Å²) < 4.78 is 27.3. The van der Waals surface area contributed by atoms with E-state index in [2.05, 4.69) is 4.98 Å². The molecule has 1 amide bonds. The number of carbonyl (C=O) groups excluding carboxylic acids is 1. The van der Waals surface area contributed by atoms with Gasteiger partial charge in [-0.25, -0.2) is 4.98 Å². The monoisotopic (exact) mass is 404 g/mol. The Kier molecular flexibility index (Phi) is 4.71. The minimum atomic E-state index is -2.67. The number of amides is 1. The fourth-order valence-corrected chi connectivity index (χ4v) is 3.94. The number of anilines is 1. The molecule has 3 aromatic rings. The van der Waals surface area contributed by atoms with Gasteiger partial charge < -0.3 is 9.47 Å². The molecule has 2 aromatic carbocycles. The number of nitro groups is 1. The third kappa shape index (κ3) is 3.31. The van der Waals surface area contributed by atoms with Crippen LogP contribution in [0.25, 0.3) is 11.0 Å². The van der Waals surface area contributed by atoms with Crippen molar-refractivity contribution in [2.45, 2.75) is 23.9 Å². The molecule has 144 valence electrons. The second kappa shape index (κ2) is 7.19. The highest BCUT2D eigenvalue weighted by molar-refractivity contribution is 7.99. The van der Waals surface area contributed by atoms with Crippen molar-refractivity contribution in [3.8, 4) is 0 Å². The number of halogens is 2. The molecule has 0 saturated heterocycles. The molecule has 4 rings (SSSR count). The van der Waals surface area contributed by atoms with Crippen LogP contribution >= 0.6 is 11.8 Å². The topological polar surface area (TPSA) is 81.3 Å². The molecule has 0 radical (unpaired) electrons. The van der Waals surface area contributed by atoms with Crippen LogP contribution in [0.1, 0.15) is 5.56 Å². The van der Waals surface area contributed by atoms with Crippen molar-refractivity contribution >= 4 is 40.1 Å². The summed E-state index contributed by atoms with van der Waals surface area (Å²) in [5, 5.41) is 11.1. The number of aromatic nitrogens is 2. The molecule has 28 heavy (non-hydrogen) atoms. The Hall–Kier alpha value is -3.01. The number of thioether (sulfide) groups is 1. The van der Waals surface area contributed by atoms with Crippen LogP contribution in [0.3, 0.4) is 0 Å². The maximum atomic E-state index is 12.9. The quantitative estimate of drug-likeness (QED) is 0.367. The Bertz CT molecular complexity index is 1090. The molecule has 0 atom stereocenters. The smallest absolute Gasteiger partial charge is 0.291 e. The molecule has 7 nitrogen and oxygen atoms in total. The van der Waals surface area contributed by atoms with Crippen LogP contribution in [0.4, 0.5) is 20.2 Å². The van der Waals surface area contributed by atoms with Crippen LogP contribution in [0.15, 0.2) is 47.6 Å². The first-order valence-corrected chi connectivity index (χ1v) is 9.30. The largest absolute Gasteiger partial charge is 0.310 e. The lowest BCUT2D eigenvalue weighted by Crippen LogP contribution is -2.32. The number of rotatable bonds is 5. The number of non-ortho nitro benzene ring substituents is 1. The van der Waals surface area contributed by atoms with Crippen LogP contribution in [0, 0.1) is 10.1 Å². The van der Waals surface area contributed by atoms with Crippen LogP contribution < -0.4 is 4.90 Å². The number of nitro benzene ring substituents is 1. The van der Waals surface area contributed by atoms with Crippen LogP contribution in [0.5, 0.6) is 0 Å². The summed E-state index contributed by atoms with van der Waals surface area (Å²) in [4.78, 5) is 29.1. The van der Waals surface area contributed by atoms with E-state index in [9.17, 15) is 23.7 Å². The number of alkyl halides is 2. The molecule has 0 aliphatic carbocycles. The maximum Gasteiger partial charge on any atom is 0.291 e. The molecule has 2 heterocycles. The van der Waals surface area contributed by atoms with E-state index in [1.165, 1.54) is 21.6 Å².